The molecule has 0 atom stereocenters. The number of imidazole rings is 1. The van der Waals surface area contributed by atoms with Crippen molar-refractivity contribution in [2.45, 2.75) is 44.6 Å². The monoisotopic (exact) mass is 366 g/mol. The van der Waals surface area contributed by atoms with Crippen LogP contribution in [-0.2, 0) is 0 Å². The quantitative estimate of drug-likeness (QED) is 0.537. The number of rotatable bonds is 2. The molecule has 0 radical (unpaired) electrons. The zero-order chi connectivity index (χ0) is 13.1. The van der Waals surface area contributed by atoms with Crippen LogP contribution < -0.4 is 0 Å². The molecule has 0 bridgehead atoms. The molecule has 0 N–H and O–H groups in total. The second-order valence-corrected chi connectivity index (χ2v) is 6.56. The van der Waals surface area contributed by atoms with Crippen molar-refractivity contribution in [3.8, 4) is 11.4 Å². The van der Waals surface area contributed by atoms with Crippen molar-refractivity contribution in [2.75, 3.05) is 0 Å². The smallest absolute Gasteiger partial charge is 0.140 e. The minimum absolute atomic E-state index is 0.638. The molecule has 1 fully saturated rings. The van der Waals surface area contributed by atoms with Crippen molar-refractivity contribution in [2.24, 2.45) is 0 Å². The van der Waals surface area contributed by atoms with Gasteiger partial charge in [-0.25, -0.2) is 4.98 Å². The van der Waals surface area contributed by atoms with Gasteiger partial charge in [0.2, 0.25) is 0 Å². The van der Waals surface area contributed by atoms with Gasteiger partial charge in [-0.05, 0) is 47.6 Å². The van der Waals surface area contributed by atoms with Gasteiger partial charge in [-0.15, -0.1) is 0 Å². The first kappa shape index (κ1) is 13.2. The SMILES string of the molecule is Ic1ccc(-c2nccn2C2CCCCCC2)cc1. The van der Waals surface area contributed by atoms with Gasteiger partial charge >= 0.3 is 0 Å². The molecule has 1 aromatic heterocycles. The molecule has 1 saturated carbocycles. The molecule has 2 nitrogen and oxygen atoms in total. The molecule has 0 amide bonds. The summed E-state index contributed by atoms with van der Waals surface area (Å²) in [6, 6.07) is 9.30. The molecule has 19 heavy (non-hydrogen) atoms. The van der Waals surface area contributed by atoms with Gasteiger partial charge in [0.1, 0.15) is 5.82 Å². The van der Waals surface area contributed by atoms with Gasteiger partial charge in [-0.3, -0.25) is 0 Å². The fourth-order valence-corrected chi connectivity index (χ4v) is 3.33. The number of aromatic nitrogens is 2. The fraction of sp³-hybridized carbons (Fsp3) is 0.438. The highest BCUT2D eigenvalue weighted by Crippen LogP contribution is 2.31. The Labute approximate surface area is 128 Å². The first-order valence-electron chi connectivity index (χ1n) is 7.13. The Bertz CT molecular complexity index is 522. The number of hydrogen-bond donors (Lipinski definition) is 0. The lowest BCUT2D eigenvalue weighted by Gasteiger charge is -2.19. The maximum atomic E-state index is 4.58. The van der Waals surface area contributed by atoms with Crippen molar-refractivity contribution >= 4 is 22.6 Å². The van der Waals surface area contributed by atoms with Gasteiger partial charge in [0.15, 0.2) is 0 Å². The van der Waals surface area contributed by atoms with E-state index in [-0.39, 0.29) is 0 Å². The third-order valence-corrected chi connectivity index (χ3v) is 4.71. The maximum Gasteiger partial charge on any atom is 0.140 e. The lowest BCUT2D eigenvalue weighted by Crippen LogP contribution is -2.08. The highest BCUT2D eigenvalue weighted by atomic mass is 127. The molecule has 1 aliphatic carbocycles. The van der Waals surface area contributed by atoms with Crippen LogP contribution in [0, 0.1) is 3.57 Å². The van der Waals surface area contributed by atoms with Crippen LogP contribution in [0.1, 0.15) is 44.6 Å². The van der Waals surface area contributed by atoms with Crippen LogP contribution in [0.15, 0.2) is 36.7 Å². The van der Waals surface area contributed by atoms with E-state index in [1.165, 1.54) is 47.7 Å². The maximum absolute atomic E-state index is 4.58. The summed E-state index contributed by atoms with van der Waals surface area (Å²) < 4.78 is 3.67. The van der Waals surface area contributed by atoms with Crippen LogP contribution in [0.2, 0.25) is 0 Å². The number of halogens is 1. The first-order chi connectivity index (χ1) is 9.34. The summed E-state index contributed by atoms with van der Waals surface area (Å²) >= 11 is 2.34. The number of hydrogen-bond acceptors (Lipinski definition) is 1. The second-order valence-electron chi connectivity index (χ2n) is 5.31. The van der Waals surface area contributed by atoms with E-state index in [2.05, 4.69) is 62.6 Å². The van der Waals surface area contributed by atoms with Gasteiger partial charge in [0.25, 0.3) is 0 Å². The molecule has 1 aromatic carbocycles. The zero-order valence-electron chi connectivity index (χ0n) is 11.1. The molecule has 0 saturated heterocycles. The summed E-state index contributed by atoms with van der Waals surface area (Å²) in [5.74, 6) is 1.13. The number of nitrogens with zero attached hydrogens (tertiary/aromatic N) is 2. The molecule has 0 aliphatic heterocycles. The Kier molecular flexibility index (Phi) is 4.21. The van der Waals surface area contributed by atoms with Crippen molar-refractivity contribution in [3.05, 3.63) is 40.2 Å². The lowest BCUT2D eigenvalue weighted by molar-refractivity contribution is 0.447. The van der Waals surface area contributed by atoms with Gasteiger partial charge < -0.3 is 4.57 Å². The van der Waals surface area contributed by atoms with E-state index in [1.54, 1.807) is 0 Å². The molecule has 0 spiro atoms. The molecule has 3 rings (SSSR count). The normalized spacial score (nSPS) is 17.3. The van der Waals surface area contributed by atoms with Crippen LogP contribution >= 0.6 is 22.6 Å². The van der Waals surface area contributed by atoms with Crippen LogP contribution in [0.4, 0.5) is 0 Å². The van der Waals surface area contributed by atoms with E-state index in [0.29, 0.717) is 6.04 Å². The Hall–Kier alpha value is -0.840. The Morgan fingerprint density at radius 1 is 1.00 bits per heavy atom. The lowest BCUT2D eigenvalue weighted by atomic mass is 10.1. The minimum atomic E-state index is 0.638. The molecule has 0 unspecified atom stereocenters. The molecular formula is C16H19IN2. The van der Waals surface area contributed by atoms with Crippen LogP contribution in [0.5, 0.6) is 0 Å². The summed E-state index contributed by atoms with van der Waals surface area (Å²) in [7, 11) is 0. The van der Waals surface area contributed by atoms with E-state index in [9.17, 15) is 0 Å². The fourth-order valence-electron chi connectivity index (χ4n) is 2.97. The molecule has 1 heterocycles. The van der Waals surface area contributed by atoms with E-state index in [0.717, 1.165) is 5.82 Å². The highest BCUT2D eigenvalue weighted by Gasteiger charge is 2.17. The Morgan fingerprint density at radius 3 is 2.37 bits per heavy atom. The van der Waals surface area contributed by atoms with E-state index >= 15 is 0 Å². The second kappa shape index (κ2) is 6.07. The van der Waals surface area contributed by atoms with E-state index in [4.69, 9.17) is 0 Å². The predicted octanol–water partition coefficient (Wildman–Crippen LogP) is 5.05. The third-order valence-electron chi connectivity index (χ3n) is 3.99. The van der Waals surface area contributed by atoms with E-state index < -0.39 is 0 Å². The predicted molar refractivity (Wildman–Crippen MR) is 87.1 cm³/mol. The van der Waals surface area contributed by atoms with Crippen molar-refractivity contribution in [3.63, 3.8) is 0 Å². The molecule has 3 heteroatoms. The summed E-state index contributed by atoms with van der Waals surface area (Å²) in [5.41, 5.74) is 1.23. The summed E-state index contributed by atoms with van der Waals surface area (Å²) in [5, 5.41) is 0. The van der Waals surface area contributed by atoms with Gasteiger partial charge in [-0.1, -0.05) is 37.8 Å². The highest BCUT2D eigenvalue weighted by molar-refractivity contribution is 14.1. The Balaban J connectivity index is 1.90. The standard InChI is InChI=1S/C16H19IN2/c17-14-9-7-13(8-10-14)16-18-11-12-19(16)15-5-3-1-2-4-6-15/h7-12,15H,1-6H2. The zero-order valence-corrected chi connectivity index (χ0v) is 13.2. The minimum Gasteiger partial charge on any atom is -0.328 e. The van der Waals surface area contributed by atoms with Crippen molar-refractivity contribution in [1.82, 2.24) is 9.55 Å². The molecular weight excluding hydrogens is 347 g/mol. The first-order valence-corrected chi connectivity index (χ1v) is 8.21. The summed E-state index contributed by atoms with van der Waals surface area (Å²) in [6.07, 6.45) is 12.2. The summed E-state index contributed by atoms with van der Waals surface area (Å²) in [6.45, 7) is 0. The summed E-state index contributed by atoms with van der Waals surface area (Å²) in [4.78, 5) is 4.58. The van der Waals surface area contributed by atoms with Gasteiger partial charge in [-0.2, -0.15) is 0 Å². The third kappa shape index (κ3) is 3.02. The average Bonchev–Trinajstić information content (AvgIpc) is 2.75. The van der Waals surface area contributed by atoms with Crippen molar-refractivity contribution in [1.29, 1.82) is 0 Å². The van der Waals surface area contributed by atoms with Crippen molar-refractivity contribution < 1.29 is 0 Å². The van der Waals surface area contributed by atoms with Crippen LogP contribution in [-0.4, -0.2) is 9.55 Å². The average molecular weight is 366 g/mol. The van der Waals surface area contributed by atoms with Crippen LogP contribution in [0.3, 0.4) is 0 Å². The molecule has 2 aromatic rings. The number of benzene rings is 1. The molecule has 1 aliphatic rings. The Morgan fingerprint density at radius 2 is 1.68 bits per heavy atom. The largest absolute Gasteiger partial charge is 0.328 e. The van der Waals surface area contributed by atoms with Gasteiger partial charge in [0, 0.05) is 27.6 Å². The molecule has 100 valence electrons. The van der Waals surface area contributed by atoms with Gasteiger partial charge in [0.05, 0.1) is 0 Å². The topological polar surface area (TPSA) is 17.8 Å². The van der Waals surface area contributed by atoms with E-state index in [1.807, 2.05) is 6.20 Å². The van der Waals surface area contributed by atoms with Crippen LogP contribution in [0.25, 0.3) is 11.4 Å².